The Labute approximate surface area is 84.7 Å². The minimum atomic E-state index is -0.194. The van der Waals surface area contributed by atoms with Gasteiger partial charge in [0.05, 0.1) is 0 Å². The van der Waals surface area contributed by atoms with E-state index < -0.39 is 0 Å². The van der Waals surface area contributed by atoms with Gasteiger partial charge in [0.15, 0.2) is 0 Å². The highest BCUT2D eigenvalue weighted by Crippen LogP contribution is 2.25. The van der Waals surface area contributed by atoms with Crippen LogP contribution in [0.3, 0.4) is 0 Å². The number of hydrogen-bond acceptors (Lipinski definition) is 2. The topological polar surface area (TPSA) is 15.3 Å². The Hall–Kier alpha value is -1.09. The van der Waals surface area contributed by atoms with Gasteiger partial charge in [0.2, 0.25) is 0 Å². The summed E-state index contributed by atoms with van der Waals surface area (Å²) < 4.78 is 13.0. The molecule has 1 rings (SSSR count). The van der Waals surface area contributed by atoms with Crippen LogP contribution in [0.15, 0.2) is 18.2 Å². The zero-order valence-electron chi connectivity index (χ0n) is 9.13. The van der Waals surface area contributed by atoms with Crippen molar-refractivity contribution < 1.29 is 4.39 Å². The van der Waals surface area contributed by atoms with Gasteiger partial charge < -0.3 is 10.2 Å². The monoisotopic (exact) mass is 196 g/mol. The largest absolute Gasteiger partial charge is 0.377 e. The lowest BCUT2D eigenvalue weighted by molar-refractivity contribution is 0.618. The van der Waals surface area contributed by atoms with Gasteiger partial charge >= 0.3 is 0 Å². The molecule has 1 N–H and O–H groups in total. The molecule has 1 aromatic carbocycles. The summed E-state index contributed by atoms with van der Waals surface area (Å²) in [4.78, 5) is 1.92. The highest BCUT2D eigenvalue weighted by molar-refractivity contribution is 5.54. The average Bonchev–Trinajstić information content (AvgIpc) is 2.16. The minimum absolute atomic E-state index is 0.194. The Balaban J connectivity index is 3.14. The third-order valence-electron chi connectivity index (χ3n) is 2.37. The maximum absolute atomic E-state index is 13.0. The minimum Gasteiger partial charge on any atom is -0.377 e. The molecule has 0 bridgehead atoms. The summed E-state index contributed by atoms with van der Waals surface area (Å²) in [5.74, 6) is -0.194. The summed E-state index contributed by atoms with van der Waals surface area (Å²) in [5, 5.41) is 3.15. The molecular formula is C11H17FN2. The molecule has 0 spiro atoms. The van der Waals surface area contributed by atoms with Crippen LogP contribution in [-0.4, -0.2) is 21.1 Å². The van der Waals surface area contributed by atoms with Crippen LogP contribution in [0.4, 0.5) is 10.1 Å². The van der Waals surface area contributed by atoms with Crippen LogP contribution in [0.5, 0.6) is 0 Å². The molecule has 0 saturated carbocycles. The molecule has 14 heavy (non-hydrogen) atoms. The van der Waals surface area contributed by atoms with E-state index in [1.54, 1.807) is 6.07 Å². The van der Waals surface area contributed by atoms with E-state index >= 15 is 0 Å². The summed E-state index contributed by atoms with van der Waals surface area (Å²) in [6, 6.07) is 5.11. The van der Waals surface area contributed by atoms with Crippen LogP contribution in [0, 0.1) is 5.82 Å². The lowest BCUT2D eigenvalue weighted by atomic mass is 10.1. The quantitative estimate of drug-likeness (QED) is 0.797. The number of benzene rings is 1. The first-order valence-corrected chi connectivity index (χ1v) is 4.70. The van der Waals surface area contributed by atoms with E-state index in [0.717, 1.165) is 11.3 Å². The molecule has 0 heterocycles. The molecule has 1 aromatic rings. The van der Waals surface area contributed by atoms with Crippen LogP contribution in [0.2, 0.25) is 0 Å². The van der Waals surface area contributed by atoms with Crippen molar-refractivity contribution in [1.29, 1.82) is 0 Å². The van der Waals surface area contributed by atoms with Crippen molar-refractivity contribution in [2.24, 2.45) is 0 Å². The SMILES string of the molecule is CNC(C)c1ccc(F)cc1N(C)C. The van der Waals surface area contributed by atoms with Crippen molar-refractivity contribution in [2.45, 2.75) is 13.0 Å². The van der Waals surface area contributed by atoms with E-state index in [1.807, 2.05) is 32.1 Å². The van der Waals surface area contributed by atoms with Crippen LogP contribution in [0.1, 0.15) is 18.5 Å². The van der Waals surface area contributed by atoms with Crippen molar-refractivity contribution in [3.8, 4) is 0 Å². The van der Waals surface area contributed by atoms with Crippen molar-refractivity contribution in [1.82, 2.24) is 5.32 Å². The number of halogens is 1. The Bertz CT molecular complexity index is 310. The summed E-state index contributed by atoms with van der Waals surface area (Å²) in [5.41, 5.74) is 2.03. The second-order valence-electron chi connectivity index (χ2n) is 3.61. The first-order chi connectivity index (χ1) is 6.56. The molecule has 0 radical (unpaired) electrons. The Morgan fingerprint density at radius 1 is 1.36 bits per heavy atom. The molecule has 0 saturated heterocycles. The Morgan fingerprint density at radius 3 is 2.50 bits per heavy atom. The fourth-order valence-electron chi connectivity index (χ4n) is 1.43. The van der Waals surface area contributed by atoms with Gasteiger partial charge in [0.25, 0.3) is 0 Å². The van der Waals surface area contributed by atoms with E-state index in [2.05, 4.69) is 12.2 Å². The molecular weight excluding hydrogens is 179 g/mol. The molecule has 0 amide bonds. The van der Waals surface area contributed by atoms with Crippen LogP contribution < -0.4 is 10.2 Å². The average molecular weight is 196 g/mol. The first-order valence-electron chi connectivity index (χ1n) is 4.70. The highest BCUT2D eigenvalue weighted by atomic mass is 19.1. The lowest BCUT2D eigenvalue weighted by Gasteiger charge is -2.21. The second kappa shape index (κ2) is 4.42. The molecule has 0 aliphatic carbocycles. The number of nitrogens with one attached hydrogen (secondary N) is 1. The Morgan fingerprint density at radius 2 is 2.00 bits per heavy atom. The number of hydrogen-bond donors (Lipinski definition) is 1. The van der Waals surface area contributed by atoms with Crippen molar-refractivity contribution in [3.63, 3.8) is 0 Å². The van der Waals surface area contributed by atoms with E-state index in [0.29, 0.717) is 0 Å². The van der Waals surface area contributed by atoms with Crippen molar-refractivity contribution >= 4 is 5.69 Å². The van der Waals surface area contributed by atoms with Gasteiger partial charge in [-0.05, 0) is 31.7 Å². The summed E-state index contributed by atoms with van der Waals surface area (Å²) in [7, 11) is 5.73. The van der Waals surface area contributed by atoms with Gasteiger partial charge in [-0.1, -0.05) is 6.07 Å². The van der Waals surface area contributed by atoms with Gasteiger partial charge in [-0.3, -0.25) is 0 Å². The smallest absolute Gasteiger partial charge is 0.125 e. The predicted octanol–water partition coefficient (Wildman–Crippen LogP) is 2.17. The standard InChI is InChI=1S/C11H17FN2/c1-8(13-2)10-6-5-9(12)7-11(10)14(3)4/h5-8,13H,1-4H3. The van der Waals surface area contributed by atoms with Crippen LogP contribution >= 0.6 is 0 Å². The third kappa shape index (κ3) is 2.23. The summed E-state index contributed by atoms with van der Waals surface area (Å²) in [6.45, 7) is 2.06. The molecule has 0 aliphatic rings. The van der Waals surface area contributed by atoms with Gasteiger partial charge in [-0.15, -0.1) is 0 Å². The zero-order valence-corrected chi connectivity index (χ0v) is 9.13. The van der Waals surface area contributed by atoms with Crippen molar-refractivity contribution in [3.05, 3.63) is 29.6 Å². The third-order valence-corrected chi connectivity index (χ3v) is 2.37. The molecule has 1 atom stereocenters. The van der Waals surface area contributed by atoms with Gasteiger partial charge in [-0.2, -0.15) is 0 Å². The number of nitrogens with zero attached hydrogens (tertiary/aromatic N) is 1. The fourth-order valence-corrected chi connectivity index (χ4v) is 1.43. The molecule has 0 fully saturated rings. The van der Waals surface area contributed by atoms with Crippen LogP contribution in [-0.2, 0) is 0 Å². The first kappa shape index (κ1) is 11.0. The number of anilines is 1. The van der Waals surface area contributed by atoms with Crippen LogP contribution in [0.25, 0.3) is 0 Å². The van der Waals surface area contributed by atoms with E-state index in [9.17, 15) is 4.39 Å². The van der Waals surface area contributed by atoms with E-state index in [4.69, 9.17) is 0 Å². The molecule has 0 aliphatic heterocycles. The molecule has 3 heteroatoms. The molecule has 78 valence electrons. The zero-order chi connectivity index (χ0) is 10.7. The normalized spacial score (nSPS) is 12.6. The predicted molar refractivity (Wildman–Crippen MR) is 58.2 cm³/mol. The van der Waals surface area contributed by atoms with E-state index in [1.165, 1.54) is 6.07 Å². The van der Waals surface area contributed by atoms with Gasteiger partial charge in [0.1, 0.15) is 5.82 Å². The Kier molecular flexibility index (Phi) is 3.47. The second-order valence-corrected chi connectivity index (χ2v) is 3.61. The van der Waals surface area contributed by atoms with Crippen molar-refractivity contribution in [2.75, 3.05) is 26.0 Å². The number of rotatable bonds is 3. The maximum atomic E-state index is 13.0. The van der Waals surface area contributed by atoms with E-state index in [-0.39, 0.29) is 11.9 Å². The summed E-state index contributed by atoms with van der Waals surface area (Å²) in [6.07, 6.45) is 0. The summed E-state index contributed by atoms with van der Waals surface area (Å²) >= 11 is 0. The molecule has 0 aromatic heterocycles. The van der Waals surface area contributed by atoms with Gasteiger partial charge in [0, 0.05) is 25.8 Å². The fraction of sp³-hybridized carbons (Fsp3) is 0.455. The maximum Gasteiger partial charge on any atom is 0.125 e. The van der Waals surface area contributed by atoms with Gasteiger partial charge in [-0.25, -0.2) is 4.39 Å². The molecule has 2 nitrogen and oxygen atoms in total. The highest BCUT2D eigenvalue weighted by Gasteiger charge is 2.10. The molecule has 1 unspecified atom stereocenters. The lowest BCUT2D eigenvalue weighted by Crippen LogP contribution is -2.18.